The zero-order valence-electron chi connectivity index (χ0n) is 37.3. The number of piperidine rings is 3. The Labute approximate surface area is 378 Å². The van der Waals surface area contributed by atoms with Crippen LogP contribution in [0.4, 0.5) is 0 Å². The lowest BCUT2D eigenvalue weighted by molar-refractivity contribution is 0.463. The molecule has 0 amide bonds. The Morgan fingerprint density at radius 1 is 0.508 bits per heavy atom. The van der Waals surface area contributed by atoms with Crippen molar-refractivity contribution < 1.29 is 0 Å². The van der Waals surface area contributed by atoms with E-state index < -0.39 is 0 Å². The molecule has 6 nitrogen and oxygen atoms in total. The minimum absolute atomic E-state index is 0.723. The van der Waals surface area contributed by atoms with Crippen LogP contribution in [-0.4, -0.2) is 54.2 Å². The molecule has 0 radical (unpaired) electrons. The standard InChI is InChI=1S/C19H26N2S.C17H22N2S.C16H20N2S/c1-3-14-6-5-7-15(12-14)13-18-21-17(4-2)19(22-18)16-8-10-20-11-9-16;1-12-3-5-14(6-4-12)11-16-19-13(2)17(20-16)15-7-9-18-10-8-15;1-12-2-4-13(5-3-12)10-16-18-11-15(19-16)14-6-8-17-9-7-14/h5-7,12,16,20H,3-4,8-11,13H2,1-2H3;3-6,15,18H,7-11H2,1-2H3;2-5,11,14,17H,6-10H2,1H3. The van der Waals surface area contributed by atoms with Gasteiger partial charge in [-0.25, -0.2) is 15.0 Å². The van der Waals surface area contributed by atoms with E-state index in [-0.39, 0.29) is 0 Å². The van der Waals surface area contributed by atoms with E-state index in [0.29, 0.717) is 0 Å². The second-order valence-electron chi connectivity index (χ2n) is 17.2. The summed E-state index contributed by atoms with van der Waals surface area (Å²) in [6.45, 7) is 17.8. The number of thiazole rings is 3. The van der Waals surface area contributed by atoms with Crippen LogP contribution in [0.5, 0.6) is 0 Å². The number of rotatable bonds is 11. The minimum Gasteiger partial charge on any atom is -0.317 e. The predicted octanol–water partition coefficient (Wildman–Crippen LogP) is 11.7. The minimum atomic E-state index is 0.723. The summed E-state index contributed by atoms with van der Waals surface area (Å²) in [6, 6.07) is 26.5. The predicted molar refractivity (Wildman–Crippen MR) is 262 cm³/mol. The largest absolute Gasteiger partial charge is 0.317 e. The molecule has 3 aromatic heterocycles. The maximum absolute atomic E-state index is 4.95. The molecule has 3 saturated heterocycles. The van der Waals surface area contributed by atoms with Crippen molar-refractivity contribution in [2.24, 2.45) is 0 Å². The van der Waals surface area contributed by atoms with Crippen molar-refractivity contribution in [1.29, 1.82) is 0 Å². The number of aromatic nitrogens is 3. The van der Waals surface area contributed by atoms with Crippen LogP contribution in [0.3, 0.4) is 0 Å². The van der Waals surface area contributed by atoms with Crippen molar-refractivity contribution in [3.8, 4) is 0 Å². The summed E-state index contributed by atoms with van der Waals surface area (Å²) in [7, 11) is 0. The van der Waals surface area contributed by atoms with Crippen molar-refractivity contribution in [3.63, 3.8) is 0 Å². The van der Waals surface area contributed by atoms with E-state index in [0.717, 1.165) is 89.1 Å². The number of nitrogens with one attached hydrogen (secondary N) is 3. The second kappa shape index (κ2) is 23.2. The molecule has 0 saturated carbocycles. The first-order valence-corrected chi connectivity index (χ1v) is 25.5. The molecule has 9 rings (SSSR count). The van der Waals surface area contributed by atoms with Gasteiger partial charge in [-0.3, -0.25) is 0 Å². The summed E-state index contributed by atoms with van der Waals surface area (Å²) in [5, 5.41) is 14.1. The monoisotopic (exact) mass is 872 g/mol. The maximum Gasteiger partial charge on any atom is 0.0975 e. The van der Waals surface area contributed by atoms with Gasteiger partial charge in [-0.1, -0.05) is 97.8 Å². The number of nitrogens with zero attached hydrogens (tertiary/aromatic N) is 3. The van der Waals surface area contributed by atoms with E-state index in [1.807, 2.05) is 34.0 Å². The molecule has 0 bridgehead atoms. The Hall–Kier alpha value is -3.57. The van der Waals surface area contributed by atoms with Crippen molar-refractivity contribution in [3.05, 3.63) is 153 Å². The van der Waals surface area contributed by atoms with Gasteiger partial charge in [0.05, 0.1) is 26.4 Å². The van der Waals surface area contributed by atoms with Crippen molar-refractivity contribution >= 4 is 34.0 Å². The van der Waals surface area contributed by atoms with Crippen LogP contribution in [0.1, 0.15) is 145 Å². The molecule has 6 heterocycles. The van der Waals surface area contributed by atoms with E-state index in [1.54, 1.807) is 4.88 Å². The average molecular weight is 873 g/mol. The highest BCUT2D eigenvalue weighted by Gasteiger charge is 2.23. The van der Waals surface area contributed by atoms with E-state index >= 15 is 0 Å². The molecular weight excluding hydrogens is 805 g/mol. The SMILES string of the molecule is CCc1cccc(Cc2nc(CC)c(C3CCNCC3)s2)c1.Cc1ccc(Cc2nc(C)c(C3CCNCC3)s2)cc1.Cc1ccc(Cc2ncc(C3CCNCC3)s2)cc1. The van der Waals surface area contributed by atoms with Crippen molar-refractivity contribution in [2.45, 2.75) is 123 Å². The Balaban J connectivity index is 0.000000138. The summed E-state index contributed by atoms with van der Waals surface area (Å²) in [4.78, 5) is 18.9. The van der Waals surface area contributed by atoms with Gasteiger partial charge in [-0.2, -0.15) is 0 Å². The Morgan fingerprint density at radius 2 is 1.00 bits per heavy atom. The third kappa shape index (κ3) is 13.5. The lowest BCUT2D eigenvalue weighted by Crippen LogP contribution is -2.26. The molecule has 3 aromatic carbocycles. The first-order valence-electron chi connectivity index (χ1n) is 23.0. The van der Waals surface area contributed by atoms with Crippen molar-refractivity contribution in [1.82, 2.24) is 30.9 Å². The van der Waals surface area contributed by atoms with Gasteiger partial charge >= 0.3 is 0 Å². The topological polar surface area (TPSA) is 74.8 Å². The smallest absolute Gasteiger partial charge is 0.0975 e. The van der Waals surface area contributed by atoms with Gasteiger partial charge in [0.15, 0.2) is 0 Å². The van der Waals surface area contributed by atoms with E-state index in [4.69, 9.17) is 9.97 Å². The fourth-order valence-corrected chi connectivity index (χ4v) is 12.5. The molecule has 3 N–H and O–H groups in total. The summed E-state index contributed by atoms with van der Waals surface area (Å²) < 4.78 is 0. The van der Waals surface area contributed by atoms with E-state index in [2.05, 4.69) is 135 Å². The summed E-state index contributed by atoms with van der Waals surface area (Å²) >= 11 is 5.79. The van der Waals surface area contributed by atoms with Gasteiger partial charge in [0.25, 0.3) is 0 Å². The maximum atomic E-state index is 4.95. The Morgan fingerprint density at radius 3 is 1.57 bits per heavy atom. The van der Waals surface area contributed by atoms with Gasteiger partial charge in [0, 0.05) is 40.1 Å². The number of hydrogen-bond donors (Lipinski definition) is 3. The Bertz CT molecular complexity index is 2200. The molecule has 61 heavy (non-hydrogen) atoms. The van der Waals surface area contributed by atoms with Crippen LogP contribution >= 0.6 is 34.0 Å². The van der Waals surface area contributed by atoms with Crippen LogP contribution in [-0.2, 0) is 32.1 Å². The lowest BCUT2D eigenvalue weighted by atomic mass is 9.95. The highest BCUT2D eigenvalue weighted by molar-refractivity contribution is 7.12. The summed E-state index contributed by atoms with van der Waals surface area (Å²) in [6.07, 6.45) is 14.7. The summed E-state index contributed by atoms with van der Waals surface area (Å²) in [5.74, 6) is 2.18. The van der Waals surface area contributed by atoms with E-state index in [1.165, 1.54) is 108 Å². The molecular formula is C52H68N6S3. The number of hydrogen-bond acceptors (Lipinski definition) is 9. The van der Waals surface area contributed by atoms with Crippen LogP contribution in [0.25, 0.3) is 0 Å². The Kier molecular flexibility index (Phi) is 17.3. The van der Waals surface area contributed by atoms with Crippen molar-refractivity contribution in [2.75, 3.05) is 39.3 Å². The first kappa shape index (κ1) is 45.5. The summed E-state index contributed by atoms with van der Waals surface area (Å²) in [5.41, 5.74) is 10.8. The molecule has 3 aliphatic heterocycles. The zero-order chi connectivity index (χ0) is 42.4. The average Bonchev–Trinajstić information content (AvgIpc) is 4.05. The van der Waals surface area contributed by atoms with Gasteiger partial charge in [-0.15, -0.1) is 34.0 Å². The molecule has 324 valence electrons. The second-order valence-corrected chi connectivity index (χ2v) is 20.6. The molecule has 3 aliphatic rings. The normalized spacial score (nSPS) is 16.4. The number of benzene rings is 3. The fraction of sp³-hybridized carbons (Fsp3) is 0.481. The molecule has 3 fully saturated rings. The third-order valence-electron chi connectivity index (χ3n) is 12.4. The zero-order valence-corrected chi connectivity index (χ0v) is 39.8. The molecule has 6 aromatic rings. The lowest BCUT2D eigenvalue weighted by Gasteiger charge is -2.22. The molecule has 0 atom stereocenters. The fourth-order valence-electron chi connectivity index (χ4n) is 8.75. The first-order chi connectivity index (χ1) is 29.8. The molecule has 0 spiro atoms. The highest BCUT2D eigenvalue weighted by atomic mass is 32.1. The van der Waals surface area contributed by atoms with Crippen LogP contribution in [0.2, 0.25) is 0 Å². The van der Waals surface area contributed by atoms with Gasteiger partial charge in [0.2, 0.25) is 0 Å². The molecule has 0 unspecified atom stereocenters. The van der Waals surface area contributed by atoms with Crippen LogP contribution < -0.4 is 16.0 Å². The quantitative estimate of drug-likeness (QED) is 0.120. The van der Waals surface area contributed by atoms with Gasteiger partial charge in [0.1, 0.15) is 0 Å². The highest BCUT2D eigenvalue weighted by Crippen LogP contribution is 2.35. The molecule has 9 heteroatoms. The van der Waals surface area contributed by atoms with E-state index in [9.17, 15) is 0 Å². The number of aryl methyl sites for hydroxylation is 5. The van der Waals surface area contributed by atoms with Crippen LogP contribution in [0.15, 0.2) is 79.0 Å². The van der Waals surface area contributed by atoms with Gasteiger partial charge < -0.3 is 16.0 Å². The van der Waals surface area contributed by atoms with Gasteiger partial charge in [-0.05, 0) is 151 Å². The third-order valence-corrected chi connectivity index (χ3v) is 16.2. The van der Waals surface area contributed by atoms with Crippen LogP contribution in [0, 0.1) is 20.8 Å². The molecule has 0 aliphatic carbocycles.